The lowest BCUT2D eigenvalue weighted by Gasteiger charge is -2.08. The van der Waals surface area contributed by atoms with Gasteiger partial charge in [-0.2, -0.15) is 21.3 Å². The molecule has 0 aliphatic heterocycles. The van der Waals surface area contributed by atoms with E-state index in [1.165, 1.54) is 5.56 Å². The third-order valence-corrected chi connectivity index (χ3v) is 5.56. The molecule has 3 heterocycles. The highest BCUT2D eigenvalue weighted by Crippen LogP contribution is 2.23. The minimum Gasteiger partial charge on any atom is -0.450 e. The predicted molar refractivity (Wildman–Crippen MR) is 122 cm³/mol. The van der Waals surface area contributed by atoms with Gasteiger partial charge in [0.05, 0.1) is 12.9 Å². The number of nitrogens with zero attached hydrogens (tertiary/aromatic N) is 4. The number of fused-ring (bicyclic) bond motifs is 1. The number of benzene rings is 1. The summed E-state index contributed by atoms with van der Waals surface area (Å²) < 4.78 is 7.13. The molecule has 160 valence electrons. The third-order valence-electron chi connectivity index (χ3n) is 4.71. The maximum absolute atomic E-state index is 12.0. The van der Waals surface area contributed by atoms with Crippen molar-refractivity contribution in [3.63, 3.8) is 0 Å². The van der Waals surface area contributed by atoms with Crippen molar-refractivity contribution in [2.75, 3.05) is 12.3 Å². The molecule has 0 atom stereocenters. The zero-order valence-electron chi connectivity index (χ0n) is 16.6. The Kier molecular flexibility index (Phi) is 6.63. The van der Waals surface area contributed by atoms with Crippen molar-refractivity contribution in [1.29, 1.82) is 0 Å². The number of imidazole rings is 1. The molecule has 0 unspecified atom stereocenters. The highest BCUT2D eigenvalue weighted by molar-refractivity contribution is 7.08. The minimum atomic E-state index is -0.429. The van der Waals surface area contributed by atoms with E-state index in [1.807, 2.05) is 22.1 Å². The third kappa shape index (κ3) is 5.31. The number of nitrogen functional groups attached to an aromatic ring is 1. The van der Waals surface area contributed by atoms with E-state index >= 15 is 0 Å². The van der Waals surface area contributed by atoms with Crippen LogP contribution in [0.4, 0.5) is 10.6 Å². The number of thiophene rings is 1. The van der Waals surface area contributed by atoms with Crippen molar-refractivity contribution in [3.8, 4) is 11.1 Å². The standard InChI is InChI=1S/C21H21ClN6O2S/c22-20-26-18(23)17-19(27-20)28(13-25-17)7-1-2-8-30-21(29)24-11-14-4-3-5-15(10-14)16-6-9-31-12-16/h3-6,9-10,12-13H,1-2,7-8,11H2,(H,24,29)(H2,23,26,27). The first-order chi connectivity index (χ1) is 15.1. The number of halogens is 1. The lowest BCUT2D eigenvalue weighted by molar-refractivity contribution is 0.143. The molecule has 0 aliphatic rings. The number of amides is 1. The number of ether oxygens (including phenoxy) is 1. The Bertz CT molecular complexity index is 1180. The largest absolute Gasteiger partial charge is 0.450 e. The lowest BCUT2D eigenvalue weighted by atomic mass is 10.1. The van der Waals surface area contributed by atoms with E-state index in [-0.39, 0.29) is 11.1 Å². The molecule has 0 aliphatic carbocycles. The monoisotopic (exact) mass is 456 g/mol. The van der Waals surface area contributed by atoms with Gasteiger partial charge in [0, 0.05) is 13.1 Å². The second kappa shape index (κ2) is 9.76. The number of rotatable bonds is 8. The van der Waals surface area contributed by atoms with E-state index in [9.17, 15) is 4.79 Å². The van der Waals surface area contributed by atoms with Gasteiger partial charge in [0.15, 0.2) is 11.5 Å². The molecule has 0 fully saturated rings. The fourth-order valence-electron chi connectivity index (χ4n) is 3.17. The normalized spacial score (nSPS) is 11.0. The molecular weight excluding hydrogens is 436 g/mol. The van der Waals surface area contributed by atoms with Gasteiger partial charge in [0.1, 0.15) is 5.52 Å². The summed E-state index contributed by atoms with van der Waals surface area (Å²) in [6.07, 6.45) is 2.71. The molecule has 3 N–H and O–H groups in total. The first kappa shape index (κ1) is 21.1. The number of carbonyl (C=O) groups is 1. The number of unbranched alkanes of at least 4 members (excludes halogenated alkanes) is 1. The highest BCUT2D eigenvalue weighted by Gasteiger charge is 2.10. The average Bonchev–Trinajstić information content (AvgIpc) is 3.43. The van der Waals surface area contributed by atoms with Crippen LogP contribution in [0.3, 0.4) is 0 Å². The van der Waals surface area contributed by atoms with E-state index in [4.69, 9.17) is 22.1 Å². The molecular formula is C21H21ClN6O2S. The summed E-state index contributed by atoms with van der Waals surface area (Å²) in [5.41, 5.74) is 10.3. The van der Waals surface area contributed by atoms with Crippen LogP contribution in [-0.4, -0.2) is 32.2 Å². The summed E-state index contributed by atoms with van der Waals surface area (Å²) in [4.78, 5) is 24.3. The van der Waals surface area contributed by atoms with Crippen LogP contribution in [0, 0.1) is 0 Å². The van der Waals surface area contributed by atoms with Gasteiger partial charge in [-0.15, -0.1) is 0 Å². The molecule has 10 heteroatoms. The average molecular weight is 457 g/mol. The van der Waals surface area contributed by atoms with Crippen molar-refractivity contribution < 1.29 is 9.53 Å². The van der Waals surface area contributed by atoms with Crippen LogP contribution in [0.2, 0.25) is 5.28 Å². The van der Waals surface area contributed by atoms with Gasteiger partial charge in [0.2, 0.25) is 5.28 Å². The van der Waals surface area contributed by atoms with Crippen molar-refractivity contribution in [1.82, 2.24) is 24.8 Å². The van der Waals surface area contributed by atoms with Crippen LogP contribution >= 0.6 is 22.9 Å². The summed E-state index contributed by atoms with van der Waals surface area (Å²) in [6, 6.07) is 10.2. The number of aryl methyl sites for hydroxylation is 1. The summed E-state index contributed by atoms with van der Waals surface area (Å²) >= 11 is 7.53. The Hall–Kier alpha value is -3.17. The van der Waals surface area contributed by atoms with Crippen molar-refractivity contribution >= 4 is 46.0 Å². The zero-order valence-corrected chi connectivity index (χ0v) is 18.2. The molecule has 0 saturated carbocycles. The van der Waals surface area contributed by atoms with Gasteiger partial charge in [-0.25, -0.2) is 9.78 Å². The fraction of sp³-hybridized carbons (Fsp3) is 0.238. The van der Waals surface area contributed by atoms with Gasteiger partial charge in [-0.3, -0.25) is 0 Å². The van der Waals surface area contributed by atoms with Gasteiger partial charge < -0.3 is 20.4 Å². The van der Waals surface area contributed by atoms with Crippen LogP contribution in [0.15, 0.2) is 47.4 Å². The Balaban J connectivity index is 1.19. The number of hydrogen-bond acceptors (Lipinski definition) is 7. The van der Waals surface area contributed by atoms with Crippen LogP contribution in [0.1, 0.15) is 18.4 Å². The molecule has 4 aromatic rings. The molecule has 1 aromatic carbocycles. The first-order valence-electron chi connectivity index (χ1n) is 9.76. The maximum atomic E-state index is 12.0. The van der Waals surface area contributed by atoms with Crippen molar-refractivity contribution in [2.45, 2.75) is 25.9 Å². The Morgan fingerprint density at radius 3 is 2.97 bits per heavy atom. The summed E-state index contributed by atoms with van der Waals surface area (Å²) in [5.74, 6) is 0.259. The smallest absolute Gasteiger partial charge is 0.407 e. The van der Waals surface area contributed by atoms with E-state index in [0.717, 1.165) is 17.5 Å². The van der Waals surface area contributed by atoms with Crippen molar-refractivity contribution in [3.05, 3.63) is 58.3 Å². The van der Waals surface area contributed by atoms with Crippen LogP contribution < -0.4 is 11.1 Å². The number of nitrogens with one attached hydrogen (secondary N) is 1. The highest BCUT2D eigenvalue weighted by atomic mass is 35.5. The summed E-state index contributed by atoms with van der Waals surface area (Å²) in [7, 11) is 0. The number of carbonyl (C=O) groups excluding carboxylic acids is 1. The number of anilines is 1. The van der Waals surface area contributed by atoms with Crippen LogP contribution in [-0.2, 0) is 17.8 Å². The Morgan fingerprint density at radius 1 is 1.23 bits per heavy atom. The maximum Gasteiger partial charge on any atom is 0.407 e. The van der Waals surface area contributed by atoms with Gasteiger partial charge in [0.25, 0.3) is 0 Å². The topological polar surface area (TPSA) is 108 Å². The second-order valence-electron chi connectivity index (χ2n) is 6.90. The summed E-state index contributed by atoms with van der Waals surface area (Å²) in [5, 5.41) is 7.03. The lowest BCUT2D eigenvalue weighted by Crippen LogP contribution is -2.24. The molecule has 0 bridgehead atoms. The number of hydrogen-bond donors (Lipinski definition) is 2. The molecule has 3 aromatic heterocycles. The van der Waals surface area contributed by atoms with Crippen molar-refractivity contribution in [2.24, 2.45) is 0 Å². The Labute approximate surface area is 188 Å². The molecule has 31 heavy (non-hydrogen) atoms. The summed E-state index contributed by atoms with van der Waals surface area (Å²) in [6.45, 7) is 1.40. The first-order valence-corrected chi connectivity index (χ1v) is 11.1. The van der Waals surface area contributed by atoms with E-state index < -0.39 is 6.09 Å². The van der Waals surface area contributed by atoms with E-state index in [2.05, 4.69) is 43.8 Å². The number of nitrogens with two attached hydrogens (primary N) is 1. The quantitative estimate of drug-likeness (QED) is 0.298. The van der Waals surface area contributed by atoms with Crippen LogP contribution in [0.5, 0.6) is 0 Å². The predicted octanol–water partition coefficient (Wildman–Crippen LogP) is 4.50. The molecule has 0 saturated heterocycles. The zero-order chi connectivity index (χ0) is 21.6. The van der Waals surface area contributed by atoms with E-state index in [1.54, 1.807) is 17.7 Å². The SMILES string of the molecule is Nc1nc(Cl)nc2c1ncn2CCCCOC(=O)NCc1cccc(-c2ccsc2)c1. The van der Waals surface area contributed by atoms with E-state index in [0.29, 0.717) is 37.3 Å². The van der Waals surface area contributed by atoms with Gasteiger partial charge >= 0.3 is 6.09 Å². The van der Waals surface area contributed by atoms with Gasteiger partial charge in [-0.1, -0.05) is 18.2 Å². The second-order valence-corrected chi connectivity index (χ2v) is 8.02. The minimum absolute atomic E-state index is 0.0904. The molecule has 0 radical (unpaired) electrons. The molecule has 4 rings (SSSR count). The van der Waals surface area contributed by atoms with Crippen LogP contribution in [0.25, 0.3) is 22.3 Å². The number of aromatic nitrogens is 4. The molecule has 1 amide bonds. The fourth-order valence-corrected chi connectivity index (χ4v) is 4.00. The molecule has 8 nitrogen and oxygen atoms in total. The number of alkyl carbamates (subject to hydrolysis) is 1. The molecule has 0 spiro atoms. The Morgan fingerprint density at radius 2 is 2.13 bits per heavy atom. The van der Waals surface area contributed by atoms with Gasteiger partial charge in [-0.05, 0) is 64.0 Å².